The van der Waals surface area contributed by atoms with Crippen LogP contribution in [-0.2, 0) is 9.59 Å². The van der Waals surface area contributed by atoms with E-state index in [4.69, 9.17) is 0 Å². The Hall–Kier alpha value is -3.40. The molecule has 4 nitrogen and oxygen atoms in total. The maximum Gasteiger partial charge on any atom is 0.255 e. The van der Waals surface area contributed by atoms with Gasteiger partial charge >= 0.3 is 0 Å². The van der Waals surface area contributed by atoms with Gasteiger partial charge in [0.25, 0.3) is 5.91 Å². The van der Waals surface area contributed by atoms with Gasteiger partial charge in [-0.2, -0.15) is 0 Å². The van der Waals surface area contributed by atoms with Crippen LogP contribution in [0.25, 0.3) is 0 Å². The van der Waals surface area contributed by atoms with Gasteiger partial charge in [-0.25, -0.2) is 0 Å². The van der Waals surface area contributed by atoms with Gasteiger partial charge < -0.3 is 4.90 Å². The summed E-state index contributed by atoms with van der Waals surface area (Å²) in [5.41, 5.74) is 5.73. The smallest absolute Gasteiger partial charge is 0.255 e. The summed E-state index contributed by atoms with van der Waals surface area (Å²) in [5.74, 6) is 0.207. The quantitative estimate of drug-likeness (QED) is 0.564. The van der Waals surface area contributed by atoms with Crippen LogP contribution in [0, 0.1) is 13.8 Å². The Balaban J connectivity index is 1.79. The third-order valence-electron chi connectivity index (χ3n) is 5.90. The van der Waals surface area contributed by atoms with E-state index in [1.54, 1.807) is 9.80 Å². The van der Waals surface area contributed by atoms with Gasteiger partial charge in [0.05, 0.1) is 0 Å². The predicted molar refractivity (Wildman–Crippen MR) is 125 cm³/mol. The van der Waals surface area contributed by atoms with Crippen LogP contribution in [0.3, 0.4) is 0 Å². The Kier molecular flexibility index (Phi) is 5.64. The zero-order valence-corrected chi connectivity index (χ0v) is 18.5. The number of benzene rings is 3. The van der Waals surface area contributed by atoms with Gasteiger partial charge in [-0.1, -0.05) is 73.5 Å². The van der Waals surface area contributed by atoms with E-state index < -0.39 is 6.04 Å². The zero-order valence-electron chi connectivity index (χ0n) is 18.5. The predicted octanol–water partition coefficient (Wildman–Crippen LogP) is 5.55. The molecule has 1 fully saturated rings. The third-order valence-corrected chi connectivity index (χ3v) is 5.90. The molecule has 0 spiro atoms. The lowest BCUT2D eigenvalue weighted by Gasteiger charge is -2.40. The lowest BCUT2D eigenvalue weighted by molar-refractivity contribution is -0.128. The number of aryl methyl sites for hydroxylation is 2. The number of hydrogen-bond acceptors (Lipinski definition) is 2. The molecule has 1 unspecified atom stereocenters. The highest BCUT2D eigenvalue weighted by Gasteiger charge is 2.41. The van der Waals surface area contributed by atoms with E-state index in [1.165, 1.54) is 5.56 Å². The molecule has 1 saturated heterocycles. The first-order valence-electron chi connectivity index (χ1n) is 10.7. The number of rotatable bonds is 4. The molecule has 1 aliphatic heterocycles. The number of anilines is 2. The van der Waals surface area contributed by atoms with Crippen molar-refractivity contribution in [3.63, 3.8) is 0 Å². The largest absolute Gasteiger partial charge is 0.301 e. The molecule has 0 aromatic heterocycles. The van der Waals surface area contributed by atoms with Crippen LogP contribution in [-0.4, -0.2) is 18.4 Å². The molecule has 1 atom stereocenters. The molecular weight excluding hydrogens is 384 g/mol. The highest BCUT2D eigenvalue weighted by atomic mass is 16.2. The summed E-state index contributed by atoms with van der Waals surface area (Å²) >= 11 is 0. The fourth-order valence-electron chi connectivity index (χ4n) is 3.99. The van der Waals surface area contributed by atoms with Gasteiger partial charge in [0.15, 0.2) is 0 Å². The number of nitrogens with zero attached hydrogens (tertiary/aromatic N) is 2. The van der Waals surface area contributed by atoms with Crippen LogP contribution in [0.5, 0.6) is 0 Å². The van der Waals surface area contributed by atoms with E-state index in [1.807, 2.05) is 74.5 Å². The molecule has 0 N–H and O–H groups in total. The van der Waals surface area contributed by atoms with Crippen molar-refractivity contribution in [1.82, 2.24) is 0 Å². The standard InChI is InChI=1S/C27H28N2O2/c1-18(2)21-9-11-22(12-10-21)26-27(31)28(23-13-5-19(3)6-14-23)17-25(30)29(26)24-15-7-20(4)8-16-24/h5-16,18,26H,17H2,1-4H3. The van der Waals surface area contributed by atoms with E-state index in [0.29, 0.717) is 5.92 Å². The Morgan fingerprint density at radius 2 is 1.26 bits per heavy atom. The van der Waals surface area contributed by atoms with Crippen molar-refractivity contribution in [3.05, 3.63) is 95.1 Å². The maximum absolute atomic E-state index is 13.8. The minimum absolute atomic E-state index is 0.0242. The van der Waals surface area contributed by atoms with Gasteiger partial charge in [-0.05, 0) is 55.2 Å². The number of hydrogen-bond donors (Lipinski definition) is 0. The summed E-state index contributed by atoms with van der Waals surface area (Å²) in [6, 6.07) is 22.9. The van der Waals surface area contributed by atoms with Crippen LogP contribution in [0.4, 0.5) is 11.4 Å². The molecule has 0 aliphatic carbocycles. The second kappa shape index (κ2) is 8.38. The van der Waals surface area contributed by atoms with E-state index in [9.17, 15) is 9.59 Å². The van der Waals surface area contributed by atoms with Crippen molar-refractivity contribution in [2.24, 2.45) is 0 Å². The van der Waals surface area contributed by atoms with Crippen molar-refractivity contribution in [1.29, 1.82) is 0 Å². The Morgan fingerprint density at radius 3 is 1.77 bits per heavy atom. The van der Waals surface area contributed by atoms with E-state index in [2.05, 4.69) is 26.0 Å². The summed E-state index contributed by atoms with van der Waals surface area (Å²) < 4.78 is 0. The van der Waals surface area contributed by atoms with Crippen molar-refractivity contribution in [3.8, 4) is 0 Å². The first-order chi connectivity index (χ1) is 14.8. The number of carbonyl (C=O) groups excluding carboxylic acids is 2. The SMILES string of the molecule is Cc1ccc(N2CC(=O)N(c3ccc(C)cc3)C(c3ccc(C(C)C)cc3)C2=O)cc1. The lowest BCUT2D eigenvalue weighted by Crippen LogP contribution is -2.56. The molecule has 31 heavy (non-hydrogen) atoms. The molecule has 3 aromatic carbocycles. The molecule has 158 valence electrons. The summed E-state index contributed by atoms with van der Waals surface area (Å²) in [4.78, 5) is 30.4. The fraction of sp³-hybridized carbons (Fsp3) is 0.259. The topological polar surface area (TPSA) is 40.6 Å². The molecule has 4 heteroatoms. The molecule has 0 radical (unpaired) electrons. The summed E-state index contributed by atoms with van der Waals surface area (Å²) in [5, 5.41) is 0. The average molecular weight is 413 g/mol. The van der Waals surface area contributed by atoms with E-state index in [0.717, 1.165) is 28.1 Å². The number of carbonyl (C=O) groups is 2. The molecule has 4 rings (SSSR count). The Morgan fingerprint density at radius 1 is 0.742 bits per heavy atom. The Bertz CT molecular complexity index is 1080. The van der Waals surface area contributed by atoms with Crippen LogP contribution < -0.4 is 9.80 Å². The van der Waals surface area contributed by atoms with Crippen LogP contribution in [0.2, 0.25) is 0 Å². The first kappa shape index (κ1) is 20.9. The zero-order chi connectivity index (χ0) is 22.1. The lowest BCUT2D eigenvalue weighted by atomic mass is 9.95. The van der Waals surface area contributed by atoms with Gasteiger partial charge in [0.2, 0.25) is 5.91 Å². The summed E-state index contributed by atoms with van der Waals surface area (Å²) in [6.07, 6.45) is 0. The normalized spacial score (nSPS) is 16.9. The number of piperazine rings is 1. The molecule has 0 bridgehead atoms. The first-order valence-corrected chi connectivity index (χ1v) is 10.7. The Labute approximate surface area is 184 Å². The molecule has 1 aliphatic rings. The summed E-state index contributed by atoms with van der Waals surface area (Å²) in [6.45, 7) is 8.32. The molecule has 0 saturated carbocycles. The second-order valence-electron chi connectivity index (χ2n) is 8.58. The molecular formula is C27H28N2O2. The number of amides is 2. The van der Waals surface area contributed by atoms with Crippen molar-refractivity contribution >= 4 is 23.2 Å². The molecule has 3 aromatic rings. The van der Waals surface area contributed by atoms with E-state index >= 15 is 0 Å². The van der Waals surface area contributed by atoms with E-state index in [-0.39, 0.29) is 18.4 Å². The van der Waals surface area contributed by atoms with Gasteiger partial charge in [0.1, 0.15) is 12.6 Å². The second-order valence-corrected chi connectivity index (χ2v) is 8.58. The van der Waals surface area contributed by atoms with Gasteiger partial charge in [-0.3, -0.25) is 14.5 Å². The highest BCUT2D eigenvalue weighted by molar-refractivity contribution is 6.14. The van der Waals surface area contributed by atoms with Crippen LogP contribution in [0.15, 0.2) is 72.8 Å². The summed E-state index contributed by atoms with van der Waals surface area (Å²) in [7, 11) is 0. The van der Waals surface area contributed by atoms with Crippen molar-refractivity contribution in [2.45, 2.75) is 39.7 Å². The van der Waals surface area contributed by atoms with Crippen molar-refractivity contribution in [2.75, 3.05) is 16.3 Å². The monoisotopic (exact) mass is 412 g/mol. The maximum atomic E-state index is 13.8. The minimum Gasteiger partial charge on any atom is -0.301 e. The highest BCUT2D eigenvalue weighted by Crippen LogP contribution is 2.35. The molecule has 2 amide bonds. The van der Waals surface area contributed by atoms with Gasteiger partial charge in [0, 0.05) is 11.4 Å². The van der Waals surface area contributed by atoms with Crippen LogP contribution in [0.1, 0.15) is 48.1 Å². The fourth-order valence-corrected chi connectivity index (χ4v) is 3.99. The minimum atomic E-state index is -0.702. The van der Waals surface area contributed by atoms with Gasteiger partial charge in [-0.15, -0.1) is 0 Å². The molecule has 1 heterocycles. The van der Waals surface area contributed by atoms with Crippen LogP contribution >= 0.6 is 0 Å². The van der Waals surface area contributed by atoms with Crippen molar-refractivity contribution < 1.29 is 9.59 Å². The average Bonchev–Trinajstić information content (AvgIpc) is 2.76. The third kappa shape index (κ3) is 4.11.